The minimum Gasteiger partial charge on any atom is -0.396 e. The first-order valence-corrected chi connectivity index (χ1v) is 6.75. The molecule has 0 unspecified atom stereocenters. The molecule has 0 heterocycles. The van der Waals surface area contributed by atoms with Crippen LogP contribution in [-0.4, -0.2) is 41.4 Å². The van der Waals surface area contributed by atoms with Crippen LogP contribution in [0.1, 0.15) is 38.5 Å². The van der Waals surface area contributed by atoms with E-state index in [1.165, 1.54) is 0 Å². The molecule has 90 valence electrons. The lowest BCUT2D eigenvalue weighted by Crippen LogP contribution is -2.27. The Kier molecular flexibility index (Phi) is 10.4. The number of aliphatic hydroxyl groups excluding tert-OH is 1. The zero-order valence-electron chi connectivity index (χ0n) is 9.54. The van der Waals surface area contributed by atoms with Crippen LogP contribution in [0.3, 0.4) is 0 Å². The van der Waals surface area contributed by atoms with E-state index < -0.39 is 0 Å². The Balaban J connectivity index is 3.42. The molecule has 0 aromatic heterocycles. The number of alkyl halides is 1. The predicted octanol–water partition coefficient (Wildman–Crippen LogP) is 2.17. The molecule has 0 spiro atoms. The van der Waals surface area contributed by atoms with Crippen LogP contribution in [0, 0.1) is 0 Å². The van der Waals surface area contributed by atoms with Gasteiger partial charge in [0.25, 0.3) is 0 Å². The van der Waals surface area contributed by atoms with Gasteiger partial charge in [-0.2, -0.15) is 0 Å². The van der Waals surface area contributed by atoms with Crippen LogP contribution in [0.15, 0.2) is 0 Å². The van der Waals surface area contributed by atoms with E-state index in [2.05, 4.69) is 15.9 Å². The number of unbranched alkanes of at least 4 members (excludes halogenated alkanes) is 3. The Bertz CT molecular complexity index is 165. The number of nitrogens with zero attached hydrogens (tertiary/aromatic N) is 1. The van der Waals surface area contributed by atoms with Crippen molar-refractivity contribution in [3.05, 3.63) is 0 Å². The number of rotatable bonds is 9. The Morgan fingerprint density at radius 3 is 2.53 bits per heavy atom. The molecular formula is C11H22BrNO2. The molecular weight excluding hydrogens is 258 g/mol. The molecule has 1 amide bonds. The summed E-state index contributed by atoms with van der Waals surface area (Å²) in [5.74, 6) is 0.236. The van der Waals surface area contributed by atoms with Gasteiger partial charge in [-0.3, -0.25) is 4.79 Å². The maximum atomic E-state index is 11.5. The van der Waals surface area contributed by atoms with E-state index in [1.54, 1.807) is 4.90 Å². The summed E-state index contributed by atoms with van der Waals surface area (Å²) in [7, 11) is 1.86. The lowest BCUT2D eigenvalue weighted by atomic mass is 10.2. The molecule has 0 saturated heterocycles. The van der Waals surface area contributed by atoms with Crippen LogP contribution in [0.5, 0.6) is 0 Å². The highest BCUT2D eigenvalue weighted by atomic mass is 79.9. The van der Waals surface area contributed by atoms with Gasteiger partial charge < -0.3 is 10.0 Å². The zero-order chi connectivity index (χ0) is 11.5. The maximum absolute atomic E-state index is 11.5. The van der Waals surface area contributed by atoms with Gasteiger partial charge in [-0.15, -0.1) is 0 Å². The minimum atomic E-state index is 0.236. The van der Waals surface area contributed by atoms with Crippen LogP contribution in [0.4, 0.5) is 0 Å². The molecule has 1 N–H and O–H groups in total. The second-order valence-electron chi connectivity index (χ2n) is 3.75. The van der Waals surface area contributed by atoms with E-state index in [0.717, 1.165) is 44.0 Å². The fraction of sp³-hybridized carbons (Fsp3) is 0.909. The summed E-state index contributed by atoms with van der Waals surface area (Å²) in [6.07, 6.45) is 5.50. The zero-order valence-corrected chi connectivity index (χ0v) is 11.1. The number of hydrogen-bond acceptors (Lipinski definition) is 2. The smallest absolute Gasteiger partial charge is 0.222 e. The van der Waals surface area contributed by atoms with Crippen LogP contribution >= 0.6 is 15.9 Å². The third-order valence-electron chi connectivity index (χ3n) is 2.35. The van der Waals surface area contributed by atoms with Crippen molar-refractivity contribution in [2.75, 3.05) is 25.5 Å². The van der Waals surface area contributed by atoms with Gasteiger partial charge in [-0.25, -0.2) is 0 Å². The van der Waals surface area contributed by atoms with Gasteiger partial charge in [0.05, 0.1) is 0 Å². The largest absolute Gasteiger partial charge is 0.396 e. The van der Waals surface area contributed by atoms with E-state index in [9.17, 15) is 4.79 Å². The van der Waals surface area contributed by atoms with Gasteiger partial charge >= 0.3 is 0 Å². The molecule has 0 radical (unpaired) electrons. The lowest BCUT2D eigenvalue weighted by molar-refractivity contribution is -0.130. The summed E-state index contributed by atoms with van der Waals surface area (Å²) >= 11 is 3.35. The number of halogens is 1. The van der Waals surface area contributed by atoms with Crippen molar-refractivity contribution in [3.8, 4) is 0 Å². The highest BCUT2D eigenvalue weighted by molar-refractivity contribution is 9.09. The second-order valence-corrected chi connectivity index (χ2v) is 4.54. The number of aliphatic hydroxyl groups is 1. The first-order valence-electron chi connectivity index (χ1n) is 5.63. The van der Waals surface area contributed by atoms with Gasteiger partial charge in [0.2, 0.25) is 5.91 Å². The molecule has 0 aliphatic heterocycles. The Labute approximate surface area is 101 Å². The van der Waals surface area contributed by atoms with Crippen molar-refractivity contribution in [2.24, 2.45) is 0 Å². The van der Waals surface area contributed by atoms with Gasteiger partial charge in [0, 0.05) is 32.0 Å². The van der Waals surface area contributed by atoms with Gasteiger partial charge in [0.1, 0.15) is 0 Å². The fourth-order valence-electron chi connectivity index (χ4n) is 1.32. The summed E-state index contributed by atoms with van der Waals surface area (Å²) in [5.41, 5.74) is 0. The van der Waals surface area contributed by atoms with Crippen molar-refractivity contribution in [2.45, 2.75) is 38.5 Å². The summed E-state index contributed by atoms with van der Waals surface area (Å²) in [6, 6.07) is 0. The molecule has 0 aromatic rings. The predicted molar refractivity (Wildman–Crippen MR) is 66.2 cm³/mol. The number of hydrogen-bond donors (Lipinski definition) is 1. The second kappa shape index (κ2) is 10.4. The fourth-order valence-corrected chi connectivity index (χ4v) is 1.72. The molecule has 0 bridgehead atoms. The van der Waals surface area contributed by atoms with Crippen molar-refractivity contribution in [1.29, 1.82) is 0 Å². The molecule has 0 atom stereocenters. The van der Waals surface area contributed by atoms with E-state index in [4.69, 9.17) is 5.11 Å². The van der Waals surface area contributed by atoms with E-state index >= 15 is 0 Å². The van der Waals surface area contributed by atoms with Crippen LogP contribution in [0.2, 0.25) is 0 Å². The Morgan fingerprint density at radius 2 is 1.93 bits per heavy atom. The molecule has 0 rings (SSSR count). The minimum absolute atomic E-state index is 0.236. The first-order chi connectivity index (χ1) is 7.22. The quantitative estimate of drug-likeness (QED) is 0.519. The van der Waals surface area contributed by atoms with Crippen LogP contribution in [-0.2, 0) is 4.79 Å². The molecule has 0 saturated carbocycles. The summed E-state index contributed by atoms with van der Waals surface area (Å²) < 4.78 is 0. The van der Waals surface area contributed by atoms with Crippen LogP contribution in [0.25, 0.3) is 0 Å². The van der Waals surface area contributed by atoms with Gasteiger partial charge in [-0.05, 0) is 32.1 Å². The van der Waals surface area contributed by atoms with Crippen molar-refractivity contribution >= 4 is 21.8 Å². The van der Waals surface area contributed by atoms with Crippen molar-refractivity contribution < 1.29 is 9.90 Å². The third kappa shape index (κ3) is 8.88. The molecule has 4 heteroatoms. The molecule has 0 fully saturated rings. The van der Waals surface area contributed by atoms with Gasteiger partial charge in [0.15, 0.2) is 0 Å². The average Bonchev–Trinajstić information content (AvgIpc) is 2.24. The molecule has 15 heavy (non-hydrogen) atoms. The number of amides is 1. The Hall–Kier alpha value is -0.0900. The Morgan fingerprint density at radius 1 is 1.20 bits per heavy atom. The standard InChI is InChI=1S/C11H22BrNO2/c1-13(9-5-2-6-10-14)11(15)7-3-4-8-12/h14H,2-10H2,1H3. The normalized spacial score (nSPS) is 10.3. The molecule has 0 aliphatic rings. The topological polar surface area (TPSA) is 40.5 Å². The third-order valence-corrected chi connectivity index (χ3v) is 2.91. The maximum Gasteiger partial charge on any atom is 0.222 e. The van der Waals surface area contributed by atoms with Crippen molar-refractivity contribution in [3.63, 3.8) is 0 Å². The molecule has 3 nitrogen and oxygen atoms in total. The lowest BCUT2D eigenvalue weighted by Gasteiger charge is -2.16. The highest BCUT2D eigenvalue weighted by Gasteiger charge is 2.06. The van der Waals surface area contributed by atoms with E-state index in [-0.39, 0.29) is 12.5 Å². The summed E-state index contributed by atoms with van der Waals surface area (Å²) in [5, 5.41) is 9.57. The first kappa shape index (κ1) is 14.9. The summed E-state index contributed by atoms with van der Waals surface area (Å²) in [6.45, 7) is 1.07. The highest BCUT2D eigenvalue weighted by Crippen LogP contribution is 2.03. The molecule has 0 aliphatic carbocycles. The van der Waals surface area contributed by atoms with Crippen LogP contribution < -0.4 is 0 Å². The monoisotopic (exact) mass is 279 g/mol. The van der Waals surface area contributed by atoms with E-state index in [0.29, 0.717) is 6.42 Å². The van der Waals surface area contributed by atoms with Gasteiger partial charge in [-0.1, -0.05) is 15.9 Å². The number of carbonyl (C=O) groups excluding carboxylic acids is 1. The number of carbonyl (C=O) groups is 1. The summed E-state index contributed by atoms with van der Waals surface area (Å²) in [4.78, 5) is 13.3. The van der Waals surface area contributed by atoms with Crippen molar-refractivity contribution in [1.82, 2.24) is 4.90 Å². The van der Waals surface area contributed by atoms with E-state index in [1.807, 2.05) is 7.05 Å². The average molecular weight is 280 g/mol. The molecule has 0 aromatic carbocycles. The SMILES string of the molecule is CN(CCCCCO)C(=O)CCCCBr.